The van der Waals surface area contributed by atoms with E-state index < -0.39 is 29.5 Å². The summed E-state index contributed by atoms with van der Waals surface area (Å²) in [7, 11) is -1.99. The molecule has 1 aliphatic rings. The Morgan fingerprint density at radius 2 is 1.28 bits per heavy atom. The first-order valence-electron chi connectivity index (χ1n) is 14.8. The molecular weight excluding hydrogens is 567 g/mol. The second kappa shape index (κ2) is 11.0. The highest BCUT2D eigenvalue weighted by molar-refractivity contribution is 8.01. The molecule has 0 bridgehead atoms. The number of β-lactam (4-membered cyclic amide) rings is 1. The number of benzene rings is 3. The van der Waals surface area contributed by atoms with Crippen molar-refractivity contribution in [3.05, 3.63) is 144 Å². The topological polar surface area (TPSA) is 54.7 Å². The van der Waals surface area contributed by atoms with Crippen LogP contribution in [0.2, 0.25) is 18.1 Å². The molecular formula is C36H37N3O2SSi. The van der Waals surface area contributed by atoms with Crippen LogP contribution in [0.3, 0.4) is 0 Å². The monoisotopic (exact) mass is 603 g/mol. The first kappa shape index (κ1) is 29.1. The summed E-state index contributed by atoms with van der Waals surface area (Å²) in [6.45, 7) is 10.5. The standard InChI is InChI=1S/C36H37N3O2SSi/c1-34(2,3)39-32(41)36(43(4)5,31(40)30-25-29-23-15-16-24-38(29)37-30)33(39)42-35(26-17-9-6-10-18-26,27-19-11-7-12-20-27)28-21-13-8-14-22-28/h6-25,33,43H,1-5H3. The van der Waals surface area contributed by atoms with Crippen molar-refractivity contribution < 1.29 is 9.59 Å². The quantitative estimate of drug-likeness (QED) is 0.0608. The molecule has 0 spiro atoms. The maximum atomic E-state index is 14.8. The Balaban J connectivity index is 1.61. The summed E-state index contributed by atoms with van der Waals surface area (Å²) in [6, 6.07) is 39.0. The van der Waals surface area contributed by atoms with Crippen LogP contribution in [0.15, 0.2) is 121 Å². The van der Waals surface area contributed by atoms with Crippen molar-refractivity contribution in [2.24, 2.45) is 0 Å². The predicted molar refractivity (Wildman–Crippen MR) is 178 cm³/mol. The lowest BCUT2D eigenvalue weighted by molar-refractivity contribution is -0.153. The van der Waals surface area contributed by atoms with Crippen molar-refractivity contribution >= 4 is 37.8 Å². The van der Waals surface area contributed by atoms with Crippen LogP contribution >= 0.6 is 11.8 Å². The molecule has 3 heterocycles. The fourth-order valence-corrected chi connectivity index (χ4v) is 11.6. The summed E-state index contributed by atoms with van der Waals surface area (Å²) in [4.78, 5) is 31.4. The van der Waals surface area contributed by atoms with Gasteiger partial charge in [-0.1, -0.05) is 110 Å². The Morgan fingerprint density at radius 3 is 1.72 bits per heavy atom. The Morgan fingerprint density at radius 1 is 0.791 bits per heavy atom. The largest absolute Gasteiger partial charge is 0.324 e. The number of hydrogen-bond acceptors (Lipinski definition) is 4. The number of hydrogen-bond donors (Lipinski definition) is 0. The molecule has 0 radical (unpaired) electrons. The molecule has 1 fully saturated rings. The molecule has 1 saturated heterocycles. The molecule has 1 aliphatic heterocycles. The number of nitrogens with zero attached hydrogens (tertiary/aromatic N) is 3. The Hall–Kier alpha value is -3.94. The number of fused-ring (bicyclic) bond motifs is 1. The molecule has 2 aromatic heterocycles. The SMILES string of the molecule is C[SiH](C)C1(C(=O)c2cc3ccccn3n2)C(=O)N(C(C)(C)C)C1SC(c1ccccc1)(c1ccccc1)c1ccccc1. The summed E-state index contributed by atoms with van der Waals surface area (Å²) in [6.07, 6.45) is 1.84. The minimum absolute atomic E-state index is 0.0793. The minimum atomic E-state index is -1.99. The lowest BCUT2D eigenvalue weighted by Crippen LogP contribution is -2.75. The van der Waals surface area contributed by atoms with Crippen LogP contribution in [-0.2, 0) is 9.54 Å². The van der Waals surface area contributed by atoms with Gasteiger partial charge in [0.05, 0.1) is 24.4 Å². The zero-order valence-electron chi connectivity index (χ0n) is 25.3. The molecule has 7 heteroatoms. The lowest BCUT2D eigenvalue weighted by atomic mass is 9.83. The first-order valence-corrected chi connectivity index (χ1v) is 18.6. The highest BCUT2D eigenvalue weighted by Crippen LogP contribution is 2.63. The third-order valence-electron chi connectivity index (χ3n) is 8.64. The van der Waals surface area contributed by atoms with Crippen LogP contribution in [0.25, 0.3) is 5.52 Å². The summed E-state index contributed by atoms with van der Waals surface area (Å²) < 4.78 is 1.03. The second-order valence-electron chi connectivity index (χ2n) is 12.5. The average molecular weight is 604 g/mol. The summed E-state index contributed by atoms with van der Waals surface area (Å²) in [5.41, 5.74) is 4.00. The zero-order chi connectivity index (χ0) is 30.4. The van der Waals surface area contributed by atoms with Crippen molar-refractivity contribution in [3.8, 4) is 0 Å². The molecule has 0 aliphatic carbocycles. The van der Waals surface area contributed by atoms with Gasteiger partial charge in [-0.2, -0.15) is 5.10 Å². The molecule has 0 saturated carbocycles. The van der Waals surface area contributed by atoms with E-state index in [0.717, 1.165) is 22.2 Å². The lowest BCUT2D eigenvalue weighted by Gasteiger charge is -2.62. The van der Waals surface area contributed by atoms with Gasteiger partial charge in [0.15, 0.2) is 5.78 Å². The van der Waals surface area contributed by atoms with E-state index in [9.17, 15) is 9.59 Å². The smallest absolute Gasteiger partial charge is 0.237 e. The van der Waals surface area contributed by atoms with E-state index >= 15 is 0 Å². The van der Waals surface area contributed by atoms with E-state index in [0.29, 0.717) is 5.69 Å². The van der Waals surface area contributed by atoms with E-state index in [1.54, 1.807) is 16.3 Å². The van der Waals surface area contributed by atoms with Gasteiger partial charge in [0, 0.05) is 11.7 Å². The summed E-state index contributed by atoms with van der Waals surface area (Å²) in [5, 5.41) is 3.10. The van der Waals surface area contributed by atoms with E-state index in [1.807, 2.05) is 53.6 Å². The minimum Gasteiger partial charge on any atom is -0.324 e. The van der Waals surface area contributed by atoms with Crippen molar-refractivity contribution in [1.82, 2.24) is 14.5 Å². The van der Waals surface area contributed by atoms with Gasteiger partial charge in [-0.3, -0.25) is 9.59 Å². The van der Waals surface area contributed by atoms with Crippen molar-refractivity contribution in [3.63, 3.8) is 0 Å². The van der Waals surface area contributed by atoms with Crippen molar-refractivity contribution in [1.29, 1.82) is 0 Å². The van der Waals surface area contributed by atoms with Crippen LogP contribution in [0.5, 0.6) is 0 Å². The van der Waals surface area contributed by atoms with Crippen LogP contribution < -0.4 is 0 Å². The van der Waals surface area contributed by atoms with Gasteiger partial charge in [0.1, 0.15) is 10.7 Å². The van der Waals surface area contributed by atoms with E-state index in [1.165, 1.54) is 0 Å². The highest BCUT2D eigenvalue weighted by atomic mass is 32.2. The first-order chi connectivity index (χ1) is 20.6. The van der Waals surface area contributed by atoms with Crippen molar-refractivity contribution in [2.45, 2.75) is 54.6 Å². The number of ketones is 1. The molecule has 43 heavy (non-hydrogen) atoms. The molecule has 5 nitrogen and oxygen atoms in total. The molecule has 0 N–H and O–H groups in total. The van der Waals surface area contributed by atoms with Gasteiger partial charge >= 0.3 is 0 Å². The molecule has 1 amide bonds. The Labute approximate surface area is 259 Å². The van der Waals surface area contributed by atoms with Gasteiger partial charge in [-0.25, -0.2) is 4.52 Å². The Kier molecular flexibility index (Phi) is 7.43. The number of carbonyl (C=O) groups is 2. The van der Waals surface area contributed by atoms with E-state index in [2.05, 4.69) is 112 Å². The van der Waals surface area contributed by atoms with E-state index in [4.69, 9.17) is 0 Å². The van der Waals surface area contributed by atoms with Crippen molar-refractivity contribution in [2.75, 3.05) is 0 Å². The van der Waals surface area contributed by atoms with Gasteiger partial charge in [-0.05, 0) is 55.7 Å². The number of carbonyl (C=O) groups excluding carboxylic acids is 2. The predicted octanol–water partition coefficient (Wildman–Crippen LogP) is 7.44. The number of aromatic nitrogens is 2. The highest BCUT2D eigenvalue weighted by Gasteiger charge is 2.71. The number of pyridine rings is 1. The van der Waals surface area contributed by atoms with Crippen LogP contribution in [0.4, 0.5) is 0 Å². The summed E-state index contributed by atoms with van der Waals surface area (Å²) >= 11 is 1.73. The zero-order valence-corrected chi connectivity index (χ0v) is 27.2. The maximum absolute atomic E-state index is 14.8. The summed E-state index contributed by atoms with van der Waals surface area (Å²) in [5.74, 6) is -0.242. The molecule has 218 valence electrons. The van der Waals surface area contributed by atoms with Gasteiger partial charge in [0.25, 0.3) is 0 Å². The number of thioether (sulfide) groups is 1. The third-order valence-corrected chi connectivity index (χ3v) is 13.4. The number of Topliss-reactive ketones (excluding diaryl/α,β-unsaturated/α-hetero) is 1. The van der Waals surface area contributed by atoms with E-state index in [-0.39, 0.29) is 11.7 Å². The fraction of sp³-hybridized carbons (Fsp3) is 0.250. The fourth-order valence-electron chi connectivity index (χ4n) is 6.51. The number of amides is 1. The third kappa shape index (κ3) is 4.57. The maximum Gasteiger partial charge on any atom is 0.237 e. The average Bonchev–Trinajstić information content (AvgIpc) is 3.44. The Bertz CT molecular complexity index is 1640. The second-order valence-corrected chi connectivity index (χ2v) is 17.1. The number of likely N-dealkylation sites (tertiary alicyclic amines) is 1. The van der Waals surface area contributed by atoms with Crippen LogP contribution in [0.1, 0.15) is 48.0 Å². The molecule has 2 unspecified atom stereocenters. The number of rotatable bonds is 8. The van der Waals surface area contributed by atoms with Gasteiger partial charge in [0.2, 0.25) is 5.91 Å². The van der Waals surface area contributed by atoms with Gasteiger partial charge < -0.3 is 4.90 Å². The molecule has 5 aromatic rings. The molecule has 6 rings (SSSR count). The van der Waals surface area contributed by atoms with Crippen LogP contribution in [-0.4, -0.2) is 45.9 Å². The van der Waals surface area contributed by atoms with Crippen LogP contribution in [0, 0.1) is 0 Å². The normalized spacial score (nSPS) is 19.1. The van der Waals surface area contributed by atoms with Gasteiger partial charge in [-0.15, -0.1) is 11.8 Å². The molecule has 2 atom stereocenters. The molecule has 3 aromatic carbocycles.